The van der Waals surface area contributed by atoms with Gasteiger partial charge in [0.25, 0.3) is 0 Å². The van der Waals surface area contributed by atoms with Crippen molar-refractivity contribution in [1.29, 1.82) is 0 Å². The zero-order chi connectivity index (χ0) is 13.8. The molecule has 2 atom stereocenters. The molecular weight excluding hydrogens is 242 g/mol. The molecule has 1 aromatic rings. The smallest absolute Gasteiger partial charge is 0.167 e. The van der Waals surface area contributed by atoms with Gasteiger partial charge in [-0.3, -0.25) is 0 Å². The molecule has 19 heavy (non-hydrogen) atoms. The van der Waals surface area contributed by atoms with Gasteiger partial charge in [-0.25, -0.2) is 0 Å². The van der Waals surface area contributed by atoms with Crippen LogP contribution in [0.15, 0.2) is 18.2 Å². The summed E-state index contributed by atoms with van der Waals surface area (Å²) in [6.45, 7) is 5.81. The summed E-state index contributed by atoms with van der Waals surface area (Å²) in [5.41, 5.74) is 6.59. The molecule has 1 aromatic carbocycles. The third kappa shape index (κ3) is 3.19. The Balaban J connectivity index is 2.24. The molecule has 4 heteroatoms. The van der Waals surface area contributed by atoms with E-state index in [0.29, 0.717) is 37.2 Å². The van der Waals surface area contributed by atoms with E-state index in [1.807, 2.05) is 18.2 Å². The Hall–Kier alpha value is -1.26. The van der Waals surface area contributed by atoms with Crippen molar-refractivity contribution >= 4 is 0 Å². The number of aliphatic hydroxyl groups excluding tert-OH is 1. The molecule has 2 rings (SSSR count). The second kappa shape index (κ2) is 6.26. The minimum Gasteiger partial charge on any atom is -0.486 e. The molecule has 4 nitrogen and oxygen atoms in total. The molecule has 2 unspecified atom stereocenters. The number of rotatable bonds is 5. The van der Waals surface area contributed by atoms with E-state index in [1.165, 1.54) is 0 Å². The van der Waals surface area contributed by atoms with E-state index in [1.54, 1.807) is 0 Å². The first-order valence-corrected chi connectivity index (χ1v) is 6.90. The van der Waals surface area contributed by atoms with Gasteiger partial charge in [-0.15, -0.1) is 0 Å². The van der Waals surface area contributed by atoms with Gasteiger partial charge in [0.15, 0.2) is 11.5 Å². The maximum absolute atomic E-state index is 10.6. The van der Waals surface area contributed by atoms with Crippen molar-refractivity contribution in [3.05, 3.63) is 23.8 Å². The maximum Gasteiger partial charge on any atom is 0.167 e. The molecule has 0 saturated heterocycles. The number of benzene rings is 1. The molecule has 0 aromatic heterocycles. The van der Waals surface area contributed by atoms with Gasteiger partial charge < -0.3 is 20.3 Å². The van der Waals surface area contributed by atoms with Crippen molar-refractivity contribution < 1.29 is 14.6 Å². The quantitative estimate of drug-likeness (QED) is 0.856. The van der Waals surface area contributed by atoms with Crippen molar-refractivity contribution in [2.75, 3.05) is 19.8 Å². The summed E-state index contributed by atoms with van der Waals surface area (Å²) in [6, 6.07) is 5.64. The largest absolute Gasteiger partial charge is 0.486 e. The Labute approximate surface area is 114 Å². The molecule has 106 valence electrons. The van der Waals surface area contributed by atoms with Crippen LogP contribution in [0.5, 0.6) is 11.5 Å². The van der Waals surface area contributed by atoms with Gasteiger partial charge in [0.2, 0.25) is 0 Å². The molecule has 0 amide bonds. The van der Waals surface area contributed by atoms with Crippen molar-refractivity contribution in [3.8, 4) is 11.5 Å². The minimum atomic E-state index is -0.607. The van der Waals surface area contributed by atoms with E-state index in [9.17, 15) is 5.11 Å². The van der Waals surface area contributed by atoms with Gasteiger partial charge in [0, 0.05) is 11.5 Å². The highest BCUT2D eigenvalue weighted by Crippen LogP contribution is 2.40. The summed E-state index contributed by atoms with van der Waals surface area (Å²) in [5, 5.41) is 10.6. The molecule has 1 aliphatic heterocycles. The predicted molar refractivity (Wildman–Crippen MR) is 74.4 cm³/mol. The summed E-state index contributed by atoms with van der Waals surface area (Å²) < 4.78 is 11.2. The molecule has 0 spiro atoms. The number of ether oxygens (including phenoxy) is 2. The minimum absolute atomic E-state index is 0.0389. The summed E-state index contributed by atoms with van der Waals surface area (Å²) >= 11 is 0. The maximum atomic E-state index is 10.6. The van der Waals surface area contributed by atoms with Crippen LogP contribution in [0.25, 0.3) is 0 Å². The number of aliphatic hydroxyl groups is 1. The topological polar surface area (TPSA) is 64.7 Å². The second-order valence-corrected chi connectivity index (χ2v) is 5.44. The van der Waals surface area contributed by atoms with E-state index in [-0.39, 0.29) is 5.92 Å². The van der Waals surface area contributed by atoms with Crippen LogP contribution in [0.2, 0.25) is 0 Å². The molecule has 1 aliphatic rings. The van der Waals surface area contributed by atoms with Crippen molar-refractivity contribution in [2.45, 2.75) is 26.4 Å². The van der Waals surface area contributed by atoms with E-state index in [2.05, 4.69) is 13.8 Å². The standard InChI is InChI=1S/C15H23NO3/c1-10(2)8-11(9-16)14(17)12-4-3-5-13-15(12)19-7-6-18-13/h3-5,10-11,14,17H,6-9,16H2,1-2H3. The van der Waals surface area contributed by atoms with Crippen LogP contribution in [-0.2, 0) is 0 Å². The first-order chi connectivity index (χ1) is 9.13. The number of hydrogen-bond acceptors (Lipinski definition) is 4. The third-order valence-corrected chi connectivity index (χ3v) is 3.44. The summed E-state index contributed by atoms with van der Waals surface area (Å²) in [7, 11) is 0. The summed E-state index contributed by atoms with van der Waals surface area (Å²) in [5.74, 6) is 1.92. The number of fused-ring (bicyclic) bond motifs is 1. The lowest BCUT2D eigenvalue weighted by molar-refractivity contribution is 0.0908. The van der Waals surface area contributed by atoms with Gasteiger partial charge in [0.05, 0.1) is 6.10 Å². The van der Waals surface area contributed by atoms with Gasteiger partial charge in [0.1, 0.15) is 13.2 Å². The van der Waals surface area contributed by atoms with E-state index in [4.69, 9.17) is 15.2 Å². The Bertz CT molecular complexity index is 420. The lowest BCUT2D eigenvalue weighted by Gasteiger charge is -2.27. The molecule has 0 aliphatic carbocycles. The fourth-order valence-electron chi connectivity index (χ4n) is 2.54. The number of hydrogen-bond donors (Lipinski definition) is 2. The highest BCUT2D eigenvalue weighted by Gasteiger charge is 2.26. The average molecular weight is 265 g/mol. The van der Waals surface area contributed by atoms with Gasteiger partial charge >= 0.3 is 0 Å². The third-order valence-electron chi connectivity index (χ3n) is 3.44. The molecule has 0 saturated carbocycles. The van der Waals surface area contributed by atoms with Crippen molar-refractivity contribution in [3.63, 3.8) is 0 Å². The van der Waals surface area contributed by atoms with Crippen LogP contribution < -0.4 is 15.2 Å². The van der Waals surface area contributed by atoms with Crippen LogP contribution >= 0.6 is 0 Å². The SMILES string of the molecule is CC(C)CC(CN)C(O)c1cccc2c1OCCO2. The lowest BCUT2D eigenvalue weighted by Crippen LogP contribution is -2.25. The zero-order valence-electron chi connectivity index (χ0n) is 11.6. The Morgan fingerprint density at radius 3 is 2.68 bits per heavy atom. The van der Waals surface area contributed by atoms with Crippen LogP contribution in [0.3, 0.4) is 0 Å². The van der Waals surface area contributed by atoms with Crippen LogP contribution in [0, 0.1) is 11.8 Å². The highest BCUT2D eigenvalue weighted by atomic mass is 16.6. The lowest BCUT2D eigenvalue weighted by atomic mass is 9.88. The highest BCUT2D eigenvalue weighted by molar-refractivity contribution is 5.48. The molecule has 0 fully saturated rings. The molecule has 3 N–H and O–H groups in total. The monoisotopic (exact) mass is 265 g/mol. The Morgan fingerprint density at radius 2 is 2.00 bits per heavy atom. The van der Waals surface area contributed by atoms with Crippen LogP contribution in [0.1, 0.15) is 31.9 Å². The van der Waals surface area contributed by atoms with E-state index < -0.39 is 6.10 Å². The Morgan fingerprint density at radius 1 is 1.26 bits per heavy atom. The van der Waals surface area contributed by atoms with Gasteiger partial charge in [-0.05, 0) is 24.9 Å². The number of nitrogens with two attached hydrogens (primary N) is 1. The number of para-hydroxylation sites is 1. The fraction of sp³-hybridized carbons (Fsp3) is 0.600. The van der Waals surface area contributed by atoms with Crippen LogP contribution in [0.4, 0.5) is 0 Å². The first-order valence-electron chi connectivity index (χ1n) is 6.90. The molecular formula is C15H23NO3. The first kappa shape index (κ1) is 14.2. The second-order valence-electron chi connectivity index (χ2n) is 5.44. The van der Waals surface area contributed by atoms with Gasteiger partial charge in [-0.1, -0.05) is 26.0 Å². The molecule has 0 radical (unpaired) electrons. The Kier molecular flexibility index (Phi) is 4.66. The fourth-order valence-corrected chi connectivity index (χ4v) is 2.54. The van der Waals surface area contributed by atoms with Crippen molar-refractivity contribution in [2.24, 2.45) is 17.6 Å². The average Bonchev–Trinajstić information content (AvgIpc) is 2.43. The molecule has 1 heterocycles. The summed E-state index contributed by atoms with van der Waals surface area (Å²) in [4.78, 5) is 0. The zero-order valence-corrected chi connectivity index (χ0v) is 11.6. The molecule has 0 bridgehead atoms. The predicted octanol–water partition coefficient (Wildman–Crippen LogP) is 2.11. The van der Waals surface area contributed by atoms with Crippen LogP contribution in [-0.4, -0.2) is 24.9 Å². The summed E-state index contributed by atoms with van der Waals surface area (Å²) in [6.07, 6.45) is 0.284. The van der Waals surface area contributed by atoms with Crippen molar-refractivity contribution in [1.82, 2.24) is 0 Å². The normalized spacial score (nSPS) is 17.3. The van der Waals surface area contributed by atoms with E-state index in [0.717, 1.165) is 12.0 Å². The van der Waals surface area contributed by atoms with E-state index >= 15 is 0 Å². The van der Waals surface area contributed by atoms with Gasteiger partial charge in [-0.2, -0.15) is 0 Å².